The van der Waals surface area contributed by atoms with E-state index in [-0.39, 0.29) is 25.1 Å². The predicted molar refractivity (Wildman–Crippen MR) is 142 cm³/mol. The van der Waals surface area contributed by atoms with E-state index in [1.807, 2.05) is 17.0 Å². The first-order valence-electron chi connectivity index (χ1n) is 12.4. The fraction of sp³-hybridized carbons (Fsp3) is 0.519. The van der Waals surface area contributed by atoms with Crippen LogP contribution in [0.4, 0.5) is 24.5 Å². The molecule has 4 rings (SSSR count). The highest BCUT2D eigenvalue weighted by Gasteiger charge is 2.31. The van der Waals surface area contributed by atoms with Crippen LogP contribution in [0.1, 0.15) is 33.1 Å². The molecule has 0 radical (unpaired) electrons. The highest BCUT2D eigenvalue weighted by molar-refractivity contribution is 6.30. The molecule has 2 saturated heterocycles. The average molecular weight is 541 g/mol. The van der Waals surface area contributed by atoms with Crippen molar-refractivity contribution in [2.24, 2.45) is 0 Å². The van der Waals surface area contributed by atoms with E-state index in [4.69, 9.17) is 11.6 Å². The van der Waals surface area contributed by atoms with Gasteiger partial charge >= 0.3 is 6.36 Å². The molecule has 37 heavy (non-hydrogen) atoms. The Hall–Kier alpha value is -2.65. The maximum Gasteiger partial charge on any atom is 0.573 e. The van der Waals surface area contributed by atoms with Crippen LogP contribution in [-0.4, -0.2) is 73.9 Å². The molecule has 0 saturated carbocycles. The summed E-state index contributed by atoms with van der Waals surface area (Å²) in [4.78, 5) is 19.4. The Labute approximate surface area is 222 Å². The van der Waals surface area contributed by atoms with Crippen molar-refractivity contribution in [3.8, 4) is 5.75 Å². The van der Waals surface area contributed by atoms with E-state index < -0.39 is 6.36 Å². The van der Waals surface area contributed by atoms with Gasteiger partial charge in [-0.2, -0.15) is 0 Å². The first kappa shape index (κ1) is 28.9. The minimum absolute atomic E-state index is 0. The molecule has 204 valence electrons. The Bertz CT molecular complexity index is 973. The Morgan fingerprint density at radius 2 is 1.57 bits per heavy atom. The zero-order valence-corrected chi connectivity index (χ0v) is 20.9. The quantitative estimate of drug-likeness (QED) is 0.453. The van der Waals surface area contributed by atoms with Gasteiger partial charge < -0.3 is 19.9 Å². The summed E-state index contributed by atoms with van der Waals surface area (Å²) in [6.07, 6.45) is -1.68. The number of hydrogen-bond donors (Lipinski definition) is 1. The van der Waals surface area contributed by atoms with E-state index in [0.29, 0.717) is 19.5 Å². The number of halogens is 4. The Morgan fingerprint density at radius 3 is 2.16 bits per heavy atom. The van der Waals surface area contributed by atoms with Crippen LogP contribution in [0.15, 0.2) is 48.5 Å². The minimum atomic E-state index is -4.69. The van der Waals surface area contributed by atoms with E-state index in [2.05, 4.69) is 32.0 Å². The van der Waals surface area contributed by atoms with Gasteiger partial charge in [0.05, 0.1) is 0 Å². The molecule has 2 fully saturated rings. The molecule has 1 N–H and O–H groups in total. The molecular weight excluding hydrogens is 505 g/mol. The first-order valence-corrected chi connectivity index (χ1v) is 12.8. The minimum Gasteiger partial charge on any atom is -0.406 e. The SMILES string of the molecule is C.O=C(CCCN1CCN(c2ccc(Cl)cc2)CC1)N1CCC(Nc2ccc(OC(F)(F)F)cc2)CC1. The number of amides is 1. The molecule has 2 aromatic carbocycles. The van der Waals surface area contributed by atoms with Crippen molar-refractivity contribution < 1.29 is 22.7 Å². The monoisotopic (exact) mass is 540 g/mol. The van der Waals surface area contributed by atoms with Crippen LogP contribution in [0.3, 0.4) is 0 Å². The van der Waals surface area contributed by atoms with Crippen LogP contribution >= 0.6 is 11.6 Å². The normalized spacial score (nSPS) is 17.3. The number of rotatable bonds is 8. The van der Waals surface area contributed by atoms with Crippen LogP contribution in [0.5, 0.6) is 5.75 Å². The van der Waals surface area contributed by atoms with Crippen LogP contribution < -0.4 is 15.0 Å². The lowest BCUT2D eigenvalue weighted by Gasteiger charge is -2.36. The topological polar surface area (TPSA) is 48.1 Å². The summed E-state index contributed by atoms with van der Waals surface area (Å²) in [6.45, 7) is 6.19. The van der Waals surface area contributed by atoms with E-state index in [0.717, 1.165) is 62.7 Å². The maximum atomic E-state index is 12.7. The van der Waals surface area contributed by atoms with Gasteiger partial charge in [0.15, 0.2) is 0 Å². The molecule has 0 aliphatic carbocycles. The van der Waals surface area contributed by atoms with Crippen LogP contribution in [0.25, 0.3) is 0 Å². The van der Waals surface area contributed by atoms with E-state index in [1.165, 1.54) is 17.8 Å². The van der Waals surface area contributed by atoms with Crippen molar-refractivity contribution in [3.63, 3.8) is 0 Å². The number of likely N-dealkylation sites (tertiary alicyclic amines) is 1. The molecule has 0 atom stereocenters. The molecule has 6 nitrogen and oxygen atoms in total. The second kappa shape index (κ2) is 13.2. The summed E-state index contributed by atoms with van der Waals surface area (Å²) in [5.74, 6) is -0.0428. The number of nitrogens with one attached hydrogen (secondary N) is 1. The number of anilines is 2. The van der Waals surface area contributed by atoms with Crippen molar-refractivity contribution >= 4 is 28.9 Å². The molecule has 2 aromatic rings. The Kier molecular flexibility index (Phi) is 10.3. The number of piperidine rings is 1. The molecule has 2 aliphatic heterocycles. The Morgan fingerprint density at radius 1 is 0.946 bits per heavy atom. The summed E-state index contributed by atoms with van der Waals surface area (Å²) in [5, 5.41) is 4.09. The number of carbonyl (C=O) groups excluding carboxylic acids is 1. The molecular formula is C27H36ClF3N4O2. The molecule has 2 aliphatic rings. The lowest BCUT2D eigenvalue weighted by Crippen LogP contribution is -2.47. The van der Waals surface area contributed by atoms with Gasteiger partial charge in [0.1, 0.15) is 5.75 Å². The number of hydrogen-bond acceptors (Lipinski definition) is 5. The van der Waals surface area contributed by atoms with Crippen molar-refractivity contribution in [2.75, 3.05) is 56.0 Å². The van der Waals surface area contributed by atoms with Gasteiger partial charge in [0.25, 0.3) is 0 Å². The molecule has 0 unspecified atom stereocenters. The fourth-order valence-corrected chi connectivity index (χ4v) is 4.88. The van der Waals surface area contributed by atoms with Crippen LogP contribution in [0.2, 0.25) is 5.02 Å². The van der Waals surface area contributed by atoms with Gasteiger partial charge in [-0.25, -0.2) is 0 Å². The molecule has 1 amide bonds. The standard InChI is InChI=1S/C26H32ClF3N4O2.CH4/c27-20-3-7-23(8-4-20)33-18-16-32(17-19-33)13-1-2-25(35)34-14-11-22(12-15-34)31-21-5-9-24(10-6-21)36-26(28,29)30;/h3-10,22,31H,1-2,11-19H2;1H4. The highest BCUT2D eigenvalue weighted by atomic mass is 35.5. The number of alkyl halides is 3. The average Bonchev–Trinajstić information content (AvgIpc) is 2.86. The number of ether oxygens (including phenoxy) is 1. The highest BCUT2D eigenvalue weighted by Crippen LogP contribution is 2.25. The Balaban J connectivity index is 0.00000380. The lowest BCUT2D eigenvalue weighted by atomic mass is 10.0. The second-order valence-corrected chi connectivity index (χ2v) is 9.72. The fourth-order valence-electron chi connectivity index (χ4n) is 4.76. The molecule has 10 heteroatoms. The maximum absolute atomic E-state index is 12.7. The van der Waals surface area contributed by atoms with Crippen LogP contribution in [0, 0.1) is 0 Å². The smallest absolute Gasteiger partial charge is 0.406 e. The van der Waals surface area contributed by atoms with Crippen molar-refractivity contribution in [3.05, 3.63) is 53.6 Å². The third-order valence-corrected chi connectivity index (χ3v) is 6.99. The summed E-state index contributed by atoms with van der Waals surface area (Å²) < 4.78 is 40.8. The third-order valence-electron chi connectivity index (χ3n) is 6.74. The lowest BCUT2D eigenvalue weighted by molar-refractivity contribution is -0.274. The van der Waals surface area contributed by atoms with Gasteiger partial charge in [-0.15, -0.1) is 13.2 Å². The summed E-state index contributed by atoms with van der Waals surface area (Å²) in [6, 6.07) is 13.9. The third kappa shape index (κ3) is 9.00. The summed E-state index contributed by atoms with van der Waals surface area (Å²) in [7, 11) is 0. The van der Waals surface area contributed by atoms with Crippen molar-refractivity contribution in [1.82, 2.24) is 9.80 Å². The van der Waals surface area contributed by atoms with Crippen LogP contribution in [-0.2, 0) is 4.79 Å². The molecule has 0 bridgehead atoms. The largest absolute Gasteiger partial charge is 0.573 e. The second-order valence-electron chi connectivity index (χ2n) is 9.28. The van der Waals surface area contributed by atoms with Gasteiger partial charge in [0, 0.05) is 68.1 Å². The van der Waals surface area contributed by atoms with Gasteiger partial charge in [-0.05, 0) is 74.3 Å². The molecule has 2 heterocycles. The van der Waals surface area contributed by atoms with E-state index >= 15 is 0 Å². The molecule has 0 spiro atoms. The number of benzene rings is 2. The number of piperazine rings is 1. The zero-order chi connectivity index (χ0) is 25.5. The zero-order valence-electron chi connectivity index (χ0n) is 20.1. The van der Waals surface area contributed by atoms with E-state index in [1.54, 1.807) is 12.1 Å². The van der Waals surface area contributed by atoms with Crippen molar-refractivity contribution in [1.29, 1.82) is 0 Å². The summed E-state index contributed by atoms with van der Waals surface area (Å²) in [5.41, 5.74) is 1.94. The van der Waals surface area contributed by atoms with Gasteiger partial charge in [0.2, 0.25) is 5.91 Å². The van der Waals surface area contributed by atoms with Gasteiger partial charge in [-0.1, -0.05) is 19.0 Å². The van der Waals surface area contributed by atoms with Gasteiger partial charge in [-0.3, -0.25) is 9.69 Å². The number of carbonyl (C=O) groups is 1. The predicted octanol–water partition coefficient (Wildman–Crippen LogP) is 5.88. The number of nitrogens with zero attached hydrogens (tertiary/aromatic N) is 3. The van der Waals surface area contributed by atoms with Crippen molar-refractivity contribution in [2.45, 2.75) is 45.5 Å². The molecule has 0 aromatic heterocycles. The summed E-state index contributed by atoms with van der Waals surface area (Å²) >= 11 is 5.98. The first-order chi connectivity index (χ1) is 17.2. The van der Waals surface area contributed by atoms with E-state index in [9.17, 15) is 18.0 Å².